The fourth-order valence-corrected chi connectivity index (χ4v) is 5.77. The van der Waals surface area contributed by atoms with Gasteiger partial charge in [-0.1, -0.05) is 74.5 Å². The molecule has 0 unspecified atom stereocenters. The number of para-hydroxylation sites is 1. The van der Waals surface area contributed by atoms with E-state index in [-0.39, 0.29) is 43.5 Å². The minimum absolute atomic E-state index is 0. The van der Waals surface area contributed by atoms with E-state index in [1.165, 1.54) is 6.08 Å². The molecular formula is C36H38IrNO4-. The normalized spacial score (nSPS) is 12.2. The first-order valence-electron chi connectivity index (χ1n) is 14.7. The summed E-state index contributed by atoms with van der Waals surface area (Å²) in [7, 11) is 0. The van der Waals surface area contributed by atoms with Crippen molar-refractivity contribution in [3.63, 3.8) is 0 Å². The Morgan fingerprint density at radius 2 is 1.52 bits per heavy atom. The molecule has 0 saturated heterocycles. The third kappa shape index (κ3) is 5.63. The Hall–Kier alpha value is -3.47. The molecule has 0 atom stereocenters. The molecule has 3 heterocycles. The van der Waals surface area contributed by atoms with Crippen LogP contribution in [0.15, 0.2) is 64.8 Å². The number of fused-ring (bicyclic) bond motifs is 5. The number of rotatable bonds is 7. The summed E-state index contributed by atoms with van der Waals surface area (Å²) in [5.41, 5.74) is 4.65. The van der Waals surface area contributed by atoms with Gasteiger partial charge in [-0.3, -0.25) is 9.78 Å². The number of furan rings is 1. The second-order valence-electron chi connectivity index (χ2n) is 10.8. The van der Waals surface area contributed by atoms with Crippen molar-refractivity contribution in [3.05, 3.63) is 77.8 Å². The van der Waals surface area contributed by atoms with Gasteiger partial charge < -0.3 is 14.3 Å². The van der Waals surface area contributed by atoms with Gasteiger partial charge in [0.05, 0.1) is 22.4 Å². The number of nitrogens with zero attached hydrogens (tertiary/aromatic N) is 1. The quantitative estimate of drug-likeness (QED) is 0.100. The van der Waals surface area contributed by atoms with E-state index in [4.69, 9.17) is 14.1 Å². The number of carbonyl (C=O) groups is 1. The third-order valence-electron chi connectivity index (χ3n) is 8.33. The summed E-state index contributed by atoms with van der Waals surface area (Å²) < 4.78 is 12.5. The van der Waals surface area contributed by atoms with Gasteiger partial charge in [0.15, 0.2) is 11.5 Å². The van der Waals surface area contributed by atoms with Gasteiger partial charge in [0.25, 0.3) is 0 Å². The van der Waals surface area contributed by atoms with Crippen LogP contribution >= 0.6 is 0 Å². The largest absolute Gasteiger partial charge is 0.512 e. The van der Waals surface area contributed by atoms with Crippen molar-refractivity contribution >= 4 is 38.4 Å². The number of aromatic nitrogens is 1. The first kappa shape index (κ1) is 31.5. The number of aliphatic hydroxyl groups excluding tert-OH is 1. The smallest absolute Gasteiger partial charge is 0.162 e. The molecule has 1 aliphatic heterocycles. The third-order valence-corrected chi connectivity index (χ3v) is 8.33. The summed E-state index contributed by atoms with van der Waals surface area (Å²) >= 11 is 0. The van der Waals surface area contributed by atoms with Crippen molar-refractivity contribution in [1.29, 1.82) is 0 Å². The van der Waals surface area contributed by atoms with Crippen molar-refractivity contribution < 1.29 is 39.2 Å². The van der Waals surface area contributed by atoms with Crippen LogP contribution in [0.1, 0.15) is 64.7 Å². The van der Waals surface area contributed by atoms with Gasteiger partial charge in [0.2, 0.25) is 0 Å². The summed E-state index contributed by atoms with van der Waals surface area (Å²) in [6.07, 6.45) is 4.91. The van der Waals surface area contributed by atoms with Crippen molar-refractivity contribution in [3.8, 4) is 22.8 Å². The number of pyridine rings is 1. The number of ether oxygens (including phenoxy) is 1. The van der Waals surface area contributed by atoms with Gasteiger partial charge in [0, 0.05) is 49.1 Å². The summed E-state index contributed by atoms with van der Waals surface area (Å²) in [6.45, 7) is 12.1. The topological polar surface area (TPSA) is 72.6 Å². The van der Waals surface area contributed by atoms with E-state index < -0.39 is 0 Å². The van der Waals surface area contributed by atoms with Crippen LogP contribution in [0.25, 0.3) is 43.9 Å². The van der Waals surface area contributed by atoms with E-state index in [2.05, 4.69) is 25.1 Å². The number of hydrogen-bond donors (Lipinski definition) is 1. The Kier molecular flexibility index (Phi) is 9.91. The van der Waals surface area contributed by atoms with Crippen LogP contribution in [0.3, 0.4) is 0 Å². The summed E-state index contributed by atoms with van der Waals surface area (Å²) in [6, 6.07) is 19.9. The number of hydrogen-bond acceptors (Lipinski definition) is 5. The van der Waals surface area contributed by atoms with Crippen LogP contribution in [0.5, 0.6) is 11.5 Å². The molecule has 1 radical (unpaired) electrons. The molecule has 2 aromatic heterocycles. The Morgan fingerprint density at radius 3 is 2.19 bits per heavy atom. The average Bonchev–Trinajstić information content (AvgIpc) is 3.32. The predicted molar refractivity (Wildman–Crippen MR) is 167 cm³/mol. The number of aliphatic hydroxyl groups is 1. The maximum absolute atomic E-state index is 11.7. The molecule has 221 valence electrons. The second-order valence-corrected chi connectivity index (χ2v) is 10.8. The van der Waals surface area contributed by atoms with Crippen molar-refractivity contribution in [2.24, 2.45) is 11.8 Å². The molecule has 42 heavy (non-hydrogen) atoms. The van der Waals surface area contributed by atoms with E-state index in [9.17, 15) is 9.90 Å². The molecule has 5 nitrogen and oxygen atoms in total. The van der Waals surface area contributed by atoms with E-state index in [0.717, 1.165) is 92.4 Å². The van der Waals surface area contributed by atoms with E-state index in [1.54, 1.807) is 0 Å². The Labute approximate surface area is 261 Å². The van der Waals surface area contributed by atoms with Crippen LogP contribution < -0.4 is 4.74 Å². The van der Waals surface area contributed by atoms with Gasteiger partial charge >= 0.3 is 0 Å². The van der Waals surface area contributed by atoms with E-state index >= 15 is 0 Å². The maximum atomic E-state index is 11.7. The Morgan fingerprint density at radius 1 is 0.905 bits per heavy atom. The van der Waals surface area contributed by atoms with E-state index in [1.807, 2.05) is 71.0 Å². The molecule has 6 heteroatoms. The number of allylic oxidation sites excluding steroid dienone is 2. The zero-order valence-electron chi connectivity index (χ0n) is 25.1. The summed E-state index contributed by atoms with van der Waals surface area (Å²) in [5.74, 6) is 2.92. The van der Waals surface area contributed by atoms with Crippen molar-refractivity contribution in [1.82, 2.24) is 4.98 Å². The van der Waals surface area contributed by atoms with Crippen LogP contribution in [0.4, 0.5) is 0 Å². The van der Waals surface area contributed by atoms with Crippen LogP contribution in [-0.2, 0) is 24.9 Å². The minimum Gasteiger partial charge on any atom is -0.512 e. The first-order chi connectivity index (χ1) is 19.8. The molecule has 0 aliphatic carbocycles. The second kappa shape index (κ2) is 13.2. The van der Waals surface area contributed by atoms with Crippen LogP contribution in [0.2, 0.25) is 0 Å². The molecular weight excluding hydrogens is 703 g/mol. The van der Waals surface area contributed by atoms with Gasteiger partial charge in [-0.25, -0.2) is 0 Å². The Balaban J connectivity index is 0.000000221. The van der Waals surface area contributed by atoms with Gasteiger partial charge in [-0.05, 0) is 51.7 Å². The monoisotopic (exact) mass is 741 g/mol. The van der Waals surface area contributed by atoms with Crippen LogP contribution in [0, 0.1) is 31.7 Å². The molecule has 1 aliphatic rings. The van der Waals surface area contributed by atoms with E-state index in [0.29, 0.717) is 0 Å². The molecule has 0 fully saturated rings. The first-order valence-corrected chi connectivity index (χ1v) is 14.7. The molecule has 0 amide bonds. The molecule has 1 N–H and O–H groups in total. The number of aryl methyl sites for hydroxylation is 2. The fourth-order valence-electron chi connectivity index (χ4n) is 5.77. The molecule has 0 spiro atoms. The number of carbonyl (C=O) groups excluding carboxylic acids is 1. The van der Waals surface area contributed by atoms with Crippen LogP contribution in [-0.4, -0.2) is 15.9 Å². The van der Waals surface area contributed by atoms with Gasteiger partial charge in [0.1, 0.15) is 11.3 Å². The molecule has 0 saturated carbocycles. The number of ketones is 1. The molecule has 0 bridgehead atoms. The maximum Gasteiger partial charge on any atom is 0.162 e. The SMILES string of the molecule is CCC(CC)C(=O)/C=C(\O)C(CC)CC.Cc1oc2c3c(nc4ccccc42)-c2[c-]c4ccccc4c(C)c2Oc13.[Ir]. The predicted octanol–water partition coefficient (Wildman–Crippen LogP) is 10.2. The molecule has 6 rings (SSSR count). The minimum atomic E-state index is 0. The summed E-state index contributed by atoms with van der Waals surface area (Å²) in [4.78, 5) is 16.7. The Bertz CT molecular complexity index is 1780. The molecule has 5 aromatic rings. The van der Waals surface area contributed by atoms with Crippen molar-refractivity contribution in [2.45, 2.75) is 67.2 Å². The number of benzene rings is 3. The standard InChI is InChI=1S/C23H14NO2.C13H24O2.Ir/c1-12-15-8-4-3-7-14(15)11-17-20-19-22(26-21(12)17)13(2)25-23(19)16-9-5-6-10-18(16)24-20;1-5-10(6-2)12(14)9-13(15)11(7-3)8-4;/h3-10H,1-2H3;9-11,14H,5-8H2,1-4H3;/q-1;;/b;12-9-;. The summed E-state index contributed by atoms with van der Waals surface area (Å²) in [5, 5.41) is 13.9. The zero-order chi connectivity index (χ0) is 29.3. The fraction of sp³-hybridized carbons (Fsp3) is 0.333. The van der Waals surface area contributed by atoms with Crippen molar-refractivity contribution in [2.75, 3.05) is 0 Å². The van der Waals surface area contributed by atoms with Gasteiger partial charge in [-0.15, -0.1) is 17.5 Å². The molecule has 3 aromatic carbocycles. The van der Waals surface area contributed by atoms with Gasteiger partial charge in [-0.2, -0.15) is 0 Å². The average molecular weight is 741 g/mol. The zero-order valence-corrected chi connectivity index (χ0v) is 27.5.